The van der Waals surface area contributed by atoms with Crippen LogP contribution in [0.15, 0.2) is 66.7 Å². The normalized spacial score (nSPS) is 25.9. The number of ether oxygens (including phenoxy) is 1. The van der Waals surface area contributed by atoms with Gasteiger partial charge in [-0.1, -0.05) is 84.2 Å². The predicted octanol–water partition coefficient (Wildman–Crippen LogP) is 7.19. The third kappa shape index (κ3) is 4.08. The second kappa shape index (κ2) is 10.4. The predicted molar refractivity (Wildman–Crippen MR) is 155 cm³/mol. The highest BCUT2D eigenvalue weighted by Crippen LogP contribution is 2.69. The van der Waals surface area contributed by atoms with Crippen LogP contribution < -0.4 is 0 Å². The van der Waals surface area contributed by atoms with Gasteiger partial charge >= 0.3 is 5.97 Å². The van der Waals surface area contributed by atoms with Crippen molar-refractivity contribution >= 4 is 64.2 Å². The standard InChI is InChI=1S/C31H25Cl4NO4/c32-19-14-13-18(24(33)16-19)17-40-25(37)12-2-1-7-15-36-28(38)26-27(29(36)39)31(35)21-9-4-3-8-20(21)30(26,34)22-10-5-6-11-23(22)31/h3-6,8-11,13-14,16,26-27H,1-2,7,12,15,17H2/t26-,27-,30?,31?/m1/s1. The number of benzene rings is 3. The summed E-state index contributed by atoms with van der Waals surface area (Å²) in [5.74, 6) is -2.51. The molecule has 3 aromatic rings. The van der Waals surface area contributed by atoms with Crippen LogP contribution in [-0.2, 0) is 35.5 Å². The van der Waals surface area contributed by atoms with Crippen LogP contribution in [0.25, 0.3) is 0 Å². The van der Waals surface area contributed by atoms with E-state index in [2.05, 4.69) is 0 Å². The number of esters is 1. The van der Waals surface area contributed by atoms with Crippen molar-refractivity contribution in [1.82, 2.24) is 4.90 Å². The van der Waals surface area contributed by atoms with E-state index in [9.17, 15) is 14.4 Å². The van der Waals surface area contributed by atoms with Gasteiger partial charge in [-0.25, -0.2) is 0 Å². The number of rotatable bonds is 8. The molecule has 7 rings (SSSR count). The lowest BCUT2D eigenvalue weighted by Crippen LogP contribution is -2.57. The molecule has 4 aliphatic rings. The summed E-state index contributed by atoms with van der Waals surface area (Å²) in [6.07, 6.45) is 1.98. The van der Waals surface area contributed by atoms with E-state index >= 15 is 0 Å². The van der Waals surface area contributed by atoms with Gasteiger partial charge in [0, 0.05) is 28.6 Å². The monoisotopic (exact) mass is 615 g/mol. The number of amides is 2. The van der Waals surface area contributed by atoms with E-state index in [0.717, 1.165) is 22.3 Å². The van der Waals surface area contributed by atoms with Gasteiger partial charge in [0.25, 0.3) is 0 Å². The molecule has 3 aromatic carbocycles. The van der Waals surface area contributed by atoms with E-state index in [-0.39, 0.29) is 37.4 Å². The number of carbonyl (C=O) groups excluding carboxylic acids is 3. The first-order valence-corrected chi connectivity index (χ1v) is 14.7. The van der Waals surface area contributed by atoms with Crippen LogP contribution in [0.5, 0.6) is 0 Å². The van der Waals surface area contributed by atoms with Gasteiger partial charge in [0.1, 0.15) is 16.4 Å². The van der Waals surface area contributed by atoms with Crippen LogP contribution in [-0.4, -0.2) is 29.2 Å². The molecule has 1 aliphatic heterocycles. The van der Waals surface area contributed by atoms with Gasteiger partial charge in [-0.3, -0.25) is 19.3 Å². The Morgan fingerprint density at radius 3 is 1.80 bits per heavy atom. The van der Waals surface area contributed by atoms with Gasteiger partial charge in [-0.15, -0.1) is 23.2 Å². The molecule has 1 fully saturated rings. The molecule has 40 heavy (non-hydrogen) atoms. The third-order valence-electron chi connectivity index (χ3n) is 8.34. The molecule has 0 saturated carbocycles. The SMILES string of the molecule is O=C(CCCCCN1C(=O)[C@H]2[C@H](C1=O)C1(Cl)c3ccccc3C2(Cl)c2ccccc21)OCc1ccc(Cl)cc1Cl. The van der Waals surface area contributed by atoms with Gasteiger partial charge in [0.05, 0.1) is 11.8 Å². The number of imide groups is 1. The summed E-state index contributed by atoms with van der Waals surface area (Å²) < 4.78 is 5.33. The molecule has 0 N–H and O–H groups in total. The van der Waals surface area contributed by atoms with Crippen LogP contribution in [0.2, 0.25) is 10.0 Å². The second-order valence-corrected chi connectivity index (χ2v) is 12.5. The Hall–Kier alpha value is -2.57. The van der Waals surface area contributed by atoms with Gasteiger partial charge in [0.2, 0.25) is 11.8 Å². The summed E-state index contributed by atoms with van der Waals surface area (Å²) in [6, 6.07) is 20.2. The number of nitrogens with zero attached hydrogens (tertiary/aromatic N) is 1. The number of likely N-dealkylation sites (tertiary alicyclic amines) is 1. The molecule has 3 aliphatic carbocycles. The third-order valence-corrected chi connectivity index (χ3v) is 10.2. The van der Waals surface area contributed by atoms with Crippen LogP contribution in [0.3, 0.4) is 0 Å². The molecule has 0 radical (unpaired) electrons. The Labute approximate surface area is 252 Å². The maximum Gasteiger partial charge on any atom is 0.306 e. The van der Waals surface area contributed by atoms with Gasteiger partial charge in [-0.05, 0) is 47.2 Å². The number of halogens is 4. The number of carbonyl (C=O) groups is 3. The van der Waals surface area contributed by atoms with E-state index in [0.29, 0.717) is 34.9 Å². The van der Waals surface area contributed by atoms with Crippen LogP contribution >= 0.6 is 46.4 Å². The second-order valence-electron chi connectivity index (χ2n) is 10.5. The Kier molecular flexibility index (Phi) is 7.15. The van der Waals surface area contributed by atoms with Crippen molar-refractivity contribution in [3.63, 3.8) is 0 Å². The fraction of sp³-hybridized carbons (Fsp3) is 0.323. The van der Waals surface area contributed by atoms with E-state index in [1.807, 2.05) is 48.5 Å². The van der Waals surface area contributed by atoms with Crippen LogP contribution in [0, 0.1) is 11.8 Å². The minimum absolute atomic E-state index is 0.0690. The molecule has 2 bridgehead atoms. The lowest BCUT2D eigenvalue weighted by molar-refractivity contribution is -0.145. The average Bonchev–Trinajstić information content (AvgIpc) is 3.21. The molecule has 1 saturated heterocycles. The fourth-order valence-electron chi connectivity index (χ4n) is 6.53. The highest BCUT2D eigenvalue weighted by Gasteiger charge is 2.72. The first-order chi connectivity index (χ1) is 19.2. The molecule has 0 aromatic heterocycles. The minimum atomic E-state index is -1.17. The van der Waals surface area contributed by atoms with E-state index in [1.165, 1.54) is 4.90 Å². The van der Waals surface area contributed by atoms with Crippen molar-refractivity contribution in [3.05, 3.63) is 105 Å². The summed E-state index contributed by atoms with van der Waals surface area (Å²) in [7, 11) is 0. The maximum absolute atomic E-state index is 13.8. The molecular formula is C31H25Cl4NO4. The van der Waals surface area contributed by atoms with E-state index in [1.54, 1.807) is 18.2 Å². The number of unbranched alkanes of at least 4 members (excludes halogenated alkanes) is 2. The summed E-state index contributed by atoms with van der Waals surface area (Å²) >= 11 is 26.9. The smallest absolute Gasteiger partial charge is 0.306 e. The summed E-state index contributed by atoms with van der Waals surface area (Å²) in [4.78, 5) is 38.8. The first kappa shape index (κ1) is 27.6. The topological polar surface area (TPSA) is 63.7 Å². The molecule has 2 amide bonds. The summed E-state index contributed by atoms with van der Waals surface area (Å²) in [5, 5.41) is 0.955. The molecular weight excluding hydrogens is 592 g/mol. The quantitative estimate of drug-likeness (QED) is 0.116. The zero-order valence-corrected chi connectivity index (χ0v) is 24.4. The van der Waals surface area contributed by atoms with Crippen molar-refractivity contribution < 1.29 is 19.1 Å². The summed E-state index contributed by atoms with van der Waals surface area (Å²) in [5.41, 5.74) is 3.82. The van der Waals surface area contributed by atoms with Crippen molar-refractivity contribution in [2.45, 2.75) is 42.0 Å². The molecule has 206 valence electrons. The Bertz CT molecular complexity index is 1420. The van der Waals surface area contributed by atoms with Crippen LogP contribution in [0.4, 0.5) is 0 Å². The van der Waals surface area contributed by atoms with Crippen molar-refractivity contribution in [2.24, 2.45) is 11.8 Å². The summed E-state index contributed by atoms with van der Waals surface area (Å²) in [6.45, 7) is 0.312. The maximum atomic E-state index is 13.8. The van der Waals surface area contributed by atoms with Crippen LogP contribution in [0.1, 0.15) is 53.5 Å². The zero-order chi connectivity index (χ0) is 28.2. The van der Waals surface area contributed by atoms with E-state index < -0.39 is 21.6 Å². The molecule has 1 heterocycles. The lowest BCUT2D eigenvalue weighted by atomic mass is 9.54. The van der Waals surface area contributed by atoms with Crippen molar-refractivity contribution in [1.29, 1.82) is 0 Å². The molecule has 0 spiro atoms. The number of hydrogen-bond acceptors (Lipinski definition) is 4. The lowest BCUT2D eigenvalue weighted by Gasteiger charge is -2.54. The number of hydrogen-bond donors (Lipinski definition) is 0. The molecule has 0 unspecified atom stereocenters. The fourth-order valence-corrected chi connectivity index (χ4v) is 8.09. The van der Waals surface area contributed by atoms with Crippen molar-refractivity contribution in [3.8, 4) is 0 Å². The Morgan fingerprint density at radius 1 is 0.775 bits per heavy atom. The Morgan fingerprint density at radius 2 is 1.30 bits per heavy atom. The minimum Gasteiger partial charge on any atom is -0.461 e. The van der Waals surface area contributed by atoms with E-state index in [4.69, 9.17) is 51.1 Å². The Balaban J connectivity index is 1.11. The van der Waals surface area contributed by atoms with Crippen molar-refractivity contribution in [2.75, 3.05) is 6.54 Å². The van der Waals surface area contributed by atoms with Gasteiger partial charge < -0.3 is 4.74 Å². The average molecular weight is 617 g/mol. The molecule has 9 heteroatoms. The largest absolute Gasteiger partial charge is 0.461 e. The highest BCUT2D eigenvalue weighted by atomic mass is 35.5. The zero-order valence-electron chi connectivity index (χ0n) is 21.3. The van der Waals surface area contributed by atoms with Gasteiger partial charge in [-0.2, -0.15) is 0 Å². The van der Waals surface area contributed by atoms with Gasteiger partial charge in [0.15, 0.2) is 0 Å². The highest BCUT2D eigenvalue weighted by molar-refractivity contribution is 6.36. The molecule has 5 nitrogen and oxygen atoms in total. The number of alkyl halides is 2. The molecule has 2 atom stereocenters. The first-order valence-electron chi connectivity index (χ1n) is 13.2.